The third-order valence-electron chi connectivity index (χ3n) is 2.32. The largest absolute Gasteiger partial charge is 0.481 e. The van der Waals surface area contributed by atoms with Crippen LogP contribution in [-0.2, 0) is 11.2 Å². The molecule has 1 aromatic carbocycles. The minimum atomic E-state index is -1.02. The lowest BCUT2D eigenvalue weighted by molar-refractivity contribution is -0.138. The molecule has 0 saturated carbocycles. The van der Waals surface area contributed by atoms with E-state index in [-0.39, 0.29) is 6.54 Å². The van der Waals surface area contributed by atoms with Crippen LogP contribution in [0.15, 0.2) is 18.2 Å². The van der Waals surface area contributed by atoms with Gasteiger partial charge in [-0.3, -0.25) is 4.79 Å². The summed E-state index contributed by atoms with van der Waals surface area (Å²) in [7, 11) is 0. The van der Waals surface area contributed by atoms with Gasteiger partial charge in [0.1, 0.15) is 5.82 Å². The molecule has 82 valence electrons. The highest BCUT2D eigenvalue weighted by atomic mass is 19.1. The summed E-state index contributed by atoms with van der Waals surface area (Å²) in [4.78, 5) is 10.8. The molecule has 0 aliphatic carbocycles. The average molecular weight is 211 g/mol. The second-order valence-corrected chi connectivity index (χ2v) is 3.37. The van der Waals surface area contributed by atoms with Gasteiger partial charge in [-0.25, -0.2) is 4.39 Å². The van der Waals surface area contributed by atoms with Gasteiger partial charge in [-0.2, -0.15) is 0 Å². The second-order valence-electron chi connectivity index (χ2n) is 3.37. The smallest absolute Gasteiger partial charge is 0.312 e. The zero-order chi connectivity index (χ0) is 11.4. The lowest BCUT2D eigenvalue weighted by atomic mass is 9.96. The first kappa shape index (κ1) is 11.7. The van der Waals surface area contributed by atoms with E-state index in [1.165, 1.54) is 12.1 Å². The van der Waals surface area contributed by atoms with Gasteiger partial charge in [0.05, 0.1) is 5.92 Å². The van der Waals surface area contributed by atoms with E-state index >= 15 is 0 Å². The minimum absolute atomic E-state index is 0.0259. The predicted octanol–water partition coefficient (Wildman–Crippen LogP) is 1.52. The summed E-state index contributed by atoms with van der Waals surface area (Å²) < 4.78 is 13.1. The number of aryl methyl sites for hydroxylation is 1. The van der Waals surface area contributed by atoms with Crippen LogP contribution >= 0.6 is 0 Å². The molecule has 0 aliphatic rings. The van der Waals surface area contributed by atoms with E-state index < -0.39 is 17.7 Å². The van der Waals surface area contributed by atoms with Crippen molar-refractivity contribution in [1.82, 2.24) is 0 Å². The summed E-state index contributed by atoms with van der Waals surface area (Å²) in [5, 5.41) is 8.88. The van der Waals surface area contributed by atoms with Crippen LogP contribution < -0.4 is 5.73 Å². The van der Waals surface area contributed by atoms with Gasteiger partial charge in [-0.15, -0.1) is 0 Å². The maximum Gasteiger partial charge on any atom is 0.312 e. The Hall–Kier alpha value is -1.42. The van der Waals surface area contributed by atoms with Gasteiger partial charge < -0.3 is 10.8 Å². The van der Waals surface area contributed by atoms with Crippen molar-refractivity contribution in [3.8, 4) is 0 Å². The molecule has 1 atom stereocenters. The molecule has 15 heavy (non-hydrogen) atoms. The number of benzene rings is 1. The normalized spacial score (nSPS) is 12.5. The fourth-order valence-corrected chi connectivity index (χ4v) is 1.46. The van der Waals surface area contributed by atoms with E-state index in [2.05, 4.69) is 0 Å². The standard InChI is InChI=1S/C11H14FNO2/c1-2-7-3-8(5-9(12)4-7)10(6-13)11(14)15/h3-5,10H,2,6,13H2,1H3,(H,14,15). The van der Waals surface area contributed by atoms with Crippen molar-refractivity contribution in [3.05, 3.63) is 35.1 Å². The van der Waals surface area contributed by atoms with Crippen molar-refractivity contribution < 1.29 is 14.3 Å². The Morgan fingerprint density at radius 1 is 1.53 bits per heavy atom. The minimum Gasteiger partial charge on any atom is -0.481 e. The molecule has 0 aromatic heterocycles. The number of carboxylic acid groups (broad SMARTS) is 1. The van der Waals surface area contributed by atoms with Crippen LogP contribution in [0, 0.1) is 5.82 Å². The van der Waals surface area contributed by atoms with Crippen LogP contribution in [-0.4, -0.2) is 17.6 Å². The number of carboxylic acids is 1. The van der Waals surface area contributed by atoms with E-state index in [4.69, 9.17) is 10.8 Å². The monoisotopic (exact) mass is 211 g/mol. The molecular weight excluding hydrogens is 197 g/mol. The molecular formula is C11H14FNO2. The van der Waals surface area contributed by atoms with Crippen molar-refractivity contribution in [2.24, 2.45) is 5.73 Å². The number of aliphatic carboxylic acids is 1. The number of hydrogen-bond acceptors (Lipinski definition) is 2. The first-order chi connectivity index (χ1) is 7.08. The third kappa shape index (κ3) is 2.76. The van der Waals surface area contributed by atoms with E-state index in [0.29, 0.717) is 12.0 Å². The highest BCUT2D eigenvalue weighted by Crippen LogP contribution is 2.18. The van der Waals surface area contributed by atoms with Gasteiger partial charge in [0.25, 0.3) is 0 Å². The molecule has 1 rings (SSSR count). The Kier molecular flexibility index (Phi) is 3.80. The molecule has 0 saturated heterocycles. The fraction of sp³-hybridized carbons (Fsp3) is 0.364. The Labute approximate surface area is 87.7 Å². The SMILES string of the molecule is CCc1cc(F)cc(C(CN)C(=O)O)c1. The van der Waals surface area contributed by atoms with E-state index in [1.807, 2.05) is 6.92 Å². The zero-order valence-corrected chi connectivity index (χ0v) is 8.53. The molecule has 0 radical (unpaired) electrons. The van der Waals surface area contributed by atoms with Crippen molar-refractivity contribution in [3.63, 3.8) is 0 Å². The van der Waals surface area contributed by atoms with E-state index in [0.717, 1.165) is 5.56 Å². The molecule has 3 N–H and O–H groups in total. The summed E-state index contributed by atoms with van der Waals surface area (Å²) in [6.45, 7) is 1.86. The summed E-state index contributed by atoms with van der Waals surface area (Å²) in [5.41, 5.74) is 6.56. The molecule has 1 aromatic rings. The Morgan fingerprint density at radius 3 is 2.67 bits per heavy atom. The van der Waals surface area contributed by atoms with Crippen molar-refractivity contribution >= 4 is 5.97 Å². The second kappa shape index (κ2) is 4.89. The van der Waals surface area contributed by atoms with Gasteiger partial charge in [-0.1, -0.05) is 13.0 Å². The molecule has 0 heterocycles. The molecule has 0 spiro atoms. The van der Waals surface area contributed by atoms with Gasteiger partial charge in [-0.05, 0) is 29.7 Å². The van der Waals surface area contributed by atoms with Crippen LogP contribution in [0.5, 0.6) is 0 Å². The number of halogens is 1. The molecule has 0 fully saturated rings. The number of hydrogen-bond donors (Lipinski definition) is 2. The van der Waals surface area contributed by atoms with Gasteiger partial charge >= 0.3 is 5.97 Å². The van der Waals surface area contributed by atoms with Gasteiger partial charge in [0.15, 0.2) is 0 Å². The van der Waals surface area contributed by atoms with Crippen LogP contribution in [0.25, 0.3) is 0 Å². The Morgan fingerprint density at radius 2 is 2.20 bits per heavy atom. The molecule has 0 bridgehead atoms. The fourth-order valence-electron chi connectivity index (χ4n) is 1.46. The molecule has 0 amide bonds. The average Bonchev–Trinajstić information content (AvgIpc) is 2.17. The zero-order valence-electron chi connectivity index (χ0n) is 8.53. The molecule has 4 heteroatoms. The van der Waals surface area contributed by atoms with Crippen molar-refractivity contribution in [2.75, 3.05) is 6.54 Å². The number of nitrogens with two attached hydrogens (primary N) is 1. The van der Waals surface area contributed by atoms with Crippen LogP contribution in [0.4, 0.5) is 4.39 Å². The van der Waals surface area contributed by atoms with Crippen LogP contribution in [0.3, 0.4) is 0 Å². The predicted molar refractivity (Wildman–Crippen MR) is 55.2 cm³/mol. The summed E-state index contributed by atoms with van der Waals surface area (Å²) >= 11 is 0. The lowest BCUT2D eigenvalue weighted by Crippen LogP contribution is -2.21. The highest BCUT2D eigenvalue weighted by molar-refractivity contribution is 5.76. The molecule has 3 nitrogen and oxygen atoms in total. The topological polar surface area (TPSA) is 63.3 Å². The van der Waals surface area contributed by atoms with Crippen molar-refractivity contribution in [2.45, 2.75) is 19.3 Å². The Bertz CT molecular complexity index is 366. The first-order valence-electron chi connectivity index (χ1n) is 4.80. The number of carbonyl (C=O) groups is 1. The van der Waals surface area contributed by atoms with Crippen LogP contribution in [0.2, 0.25) is 0 Å². The van der Waals surface area contributed by atoms with Crippen LogP contribution in [0.1, 0.15) is 24.0 Å². The highest BCUT2D eigenvalue weighted by Gasteiger charge is 2.18. The van der Waals surface area contributed by atoms with E-state index in [9.17, 15) is 9.18 Å². The third-order valence-corrected chi connectivity index (χ3v) is 2.32. The van der Waals surface area contributed by atoms with E-state index in [1.54, 1.807) is 6.07 Å². The molecule has 0 aliphatic heterocycles. The quantitative estimate of drug-likeness (QED) is 0.793. The summed E-state index contributed by atoms with van der Waals surface area (Å²) in [6, 6.07) is 4.32. The van der Waals surface area contributed by atoms with Gasteiger partial charge in [0, 0.05) is 6.54 Å². The van der Waals surface area contributed by atoms with Crippen molar-refractivity contribution in [1.29, 1.82) is 0 Å². The Balaban J connectivity index is 3.11. The summed E-state index contributed by atoms with van der Waals surface area (Å²) in [6.07, 6.45) is 0.668. The summed E-state index contributed by atoms with van der Waals surface area (Å²) in [5.74, 6) is -2.26. The number of rotatable bonds is 4. The maximum absolute atomic E-state index is 13.1. The van der Waals surface area contributed by atoms with Gasteiger partial charge in [0.2, 0.25) is 0 Å². The molecule has 1 unspecified atom stereocenters. The first-order valence-corrected chi connectivity index (χ1v) is 4.80. The maximum atomic E-state index is 13.1. The lowest BCUT2D eigenvalue weighted by Gasteiger charge is -2.11.